The van der Waals surface area contributed by atoms with E-state index >= 15 is 0 Å². The minimum Gasteiger partial charge on any atom is -0.493 e. The van der Waals surface area contributed by atoms with Gasteiger partial charge in [0, 0.05) is 12.6 Å². The Morgan fingerprint density at radius 2 is 1.93 bits per heavy atom. The number of hydrogen-bond donors (Lipinski definition) is 2. The summed E-state index contributed by atoms with van der Waals surface area (Å²) >= 11 is 0. The molecule has 1 heterocycles. The zero-order chi connectivity index (χ0) is 20.4. The first kappa shape index (κ1) is 22.7. The van der Waals surface area contributed by atoms with Crippen LogP contribution in [0.5, 0.6) is 11.5 Å². The van der Waals surface area contributed by atoms with Crippen molar-refractivity contribution in [3.05, 3.63) is 23.5 Å². The Labute approximate surface area is 159 Å². The van der Waals surface area contributed by atoms with Crippen LogP contribution in [0.25, 0.3) is 0 Å². The Morgan fingerprint density at radius 1 is 1.30 bits per heavy atom. The van der Waals surface area contributed by atoms with Gasteiger partial charge in [0.15, 0.2) is 17.8 Å². The summed E-state index contributed by atoms with van der Waals surface area (Å²) in [6.07, 6.45) is 1.25. The van der Waals surface area contributed by atoms with E-state index in [1.54, 1.807) is 0 Å². The van der Waals surface area contributed by atoms with Gasteiger partial charge in [-0.15, -0.1) is 0 Å². The molecule has 0 saturated carbocycles. The summed E-state index contributed by atoms with van der Waals surface area (Å²) in [6, 6.07) is 2.41. The molecule has 0 bridgehead atoms. The first-order chi connectivity index (χ1) is 12.7. The van der Waals surface area contributed by atoms with E-state index in [1.807, 2.05) is 20.8 Å². The van der Waals surface area contributed by atoms with Gasteiger partial charge < -0.3 is 24.8 Å². The molecule has 7 nitrogen and oxygen atoms in total. The fourth-order valence-electron chi connectivity index (χ4n) is 2.39. The van der Waals surface area contributed by atoms with Crippen molar-refractivity contribution in [2.45, 2.75) is 32.8 Å². The normalized spacial score (nSPS) is 16.0. The van der Waals surface area contributed by atoms with E-state index < -0.39 is 11.4 Å². The summed E-state index contributed by atoms with van der Waals surface area (Å²) in [5.41, 5.74) is -0.449. The quantitative estimate of drug-likeness (QED) is 0.760. The number of carbonyl (C=O) groups excluding carboxylic acids is 2. The number of aldehydes is 1. The van der Waals surface area contributed by atoms with Crippen LogP contribution in [-0.4, -0.2) is 51.8 Å². The predicted molar refractivity (Wildman–Crippen MR) is 100 cm³/mol. The van der Waals surface area contributed by atoms with Crippen LogP contribution >= 0.6 is 0 Å². The van der Waals surface area contributed by atoms with Crippen LogP contribution in [-0.2, 0) is 4.74 Å². The van der Waals surface area contributed by atoms with Gasteiger partial charge in [-0.05, 0) is 52.3 Å². The van der Waals surface area contributed by atoms with E-state index in [9.17, 15) is 14.0 Å². The Bertz CT molecular complexity index is 625. The summed E-state index contributed by atoms with van der Waals surface area (Å²) in [5, 5.41) is 6.03. The molecule has 2 N–H and O–H groups in total. The molecule has 27 heavy (non-hydrogen) atoms. The zero-order valence-corrected chi connectivity index (χ0v) is 16.6. The third kappa shape index (κ3) is 8.25. The van der Waals surface area contributed by atoms with Crippen LogP contribution < -0.4 is 20.1 Å². The fourth-order valence-corrected chi connectivity index (χ4v) is 2.39. The van der Waals surface area contributed by atoms with Crippen molar-refractivity contribution in [1.29, 1.82) is 0 Å². The van der Waals surface area contributed by atoms with Crippen LogP contribution in [0, 0.1) is 11.7 Å². The predicted octanol–water partition coefficient (Wildman–Crippen LogP) is 2.78. The van der Waals surface area contributed by atoms with E-state index in [0.717, 1.165) is 25.6 Å². The molecule has 1 aromatic rings. The van der Waals surface area contributed by atoms with E-state index in [-0.39, 0.29) is 17.4 Å². The van der Waals surface area contributed by atoms with Gasteiger partial charge in [0.05, 0.1) is 19.8 Å². The first-order valence-electron chi connectivity index (χ1n) is 8.74. The van der Waals surface area contributed by atoms with E-state index in [0.29, 0.717) is 24.5 Å². The lowest BCUT2D eigenvalue weighted by molar-refractivity contribution is 0.0520. The van der Waals surface area contributed by atoms with Crippen molar-refractivity contribution in [1.82, 2.24) is 10.6 Å². The Kier molecular flexibility index (Phi) is 9.00. The highest BCUT2D eigenvalue weighted by Gasteiger charge is 2.19. The third-order valence-electron chi connectivity index (χ3n) is 3.73. The van der Waals surface area contributed by atoms with Gasteiger partial charge in [0.2, 0.25) is 0 Å². The molecule has 1 amide bonds. The topological polar surface area (TPSA) is 85.9 Å². The molecule has 1 aromatic carbocycles. The maximum Gasteiger partial charge on any atom is 0.407 e. The van der Waals surface area contributed by atoms with Gasteiger partial charge >= 0.3 is 6.09 Å². The average Bonchev–Trinajstić information content (AvgIpc) is 3.12. The monoisotopic (exact) mass is 384 g/mol. The highest BCUT2D eigenvalue weighted by molar-refractivity contribution is 5.77. The largest absolute Gasteiger partial charge is 0.493 e. The summed E-state index contributed by atoms with van der Waals surface area (Å²) in [5.74, 6) is 0.548. The third-order valence-corrected chi connectivity index (χ3v) is 3.73. The number of alkyl carbamates (subject to hydrolysis) is 1. The summed E-state index contributed by atoms with van der Waals surface area (Å²) in [7, 11) is 2.82. The molecule has 0 radical (unpaired) electrons. The van der Waals surface area contributed by atoms with Crippen LogP contribution in [0.15, 0.2) is 12.1 Å². The van der Waals surface area contributed by atoms with Gasteiger partial charge in [0.1, 0.15) is 11.4 Å². The standard InChI is InChI=1S/C10H20N2O2.C9H9FO3/c1-10(2,3)14-9(13)12-7-8-4-5-11-6-8;1-12-8-3-6(5-11)7(10)4-9(8)13-2/h8,11H,4-7H2,1-3H3,(H,12,13);3-5H,1-2H3. The smallest absolute Gasteiger partial charge is 0.407 e. The number of amides is 1. The number of halogens is 1. The van der Waals surface area contributed by atoms with Crippen molar-refractivity contribution in [3.63, 3.8) is 0 Å². The molecule has 0 aliphatic carbocycles. The number of benzene rings is 1. The molecule has 2 rings (SSSR count). The molecular weight excluding hydrogens is 355 g/mol. The van der Waals surface area contributed by atoms with E-state index in [4.69, 9.17) is 14.2 Å². The Morgan fingerprint density at radius 3 is 2.41 bits per heavy atom. The highest BCUT2D eigenvalue weighted by atomic mass is 19.1. The number of rotatable bonds is 5. The molecule has 1 atom stereocenters. The molecule has 0 spiro atoms. The minimum absolute atomic E-state index is 0.0438. The van der Waals surface area contributed by atoms with Crippen LogP contribution in [0.4, 0.5) is 9.18 Å². The first-order valence-corrected chi connectivity index (χ1v) is 8.74. The second kappa shape index (κ2) is 10.7. The van der Waals surface area contributed by atoms with Gasteiger partial charge in [-0.2, -0.15) is 0 Å². The molecule has 1 aliphatic rings. The molecule has 0 aromatic heterocycles. The van der Waals surface area contributed by atoms with Crippen molar-refractivity contribution >= 4 is 12.4 Å². The number of nitrogens with one attached hydrogen (secondary N) is 2. The van der Waals surface area contributed by atoms with Crippen molar-refractivity contribution in [2.75, 3.05) is 33.9 Å². The fraction of sp³-hybridized carbons (Fsp3) is 0.579. The minimum atomic E-state index is -0.618. The SMILES string of the molecule is CC(C)(C)OC(=O)NCC1CCNC1.COc1cc(F)c(C=O)cc1OC. The summed E-state index contributed by atoms with van der Waals surface area (Å²) in [6.45, 7) is 8.36. The molecule has 1 unspecified atom stereocenters. The molecule has 1 aliphatic heterocycles. The number of carbonyl (C=O) groups is 2. The maximum absolute atomic E-state index is 13.0. The summed E-state index contributed by atoms with van der Waals surface area (Å²) in [4.78, 5) is 21.6. The average molecular weight is 384 g/mol. The number of hydrogen-bond acceptors (Lipinski definition) is 6. The maximum atomic E-state index is 13.0. The summed E-state index contributed by atoms with van der Waals surface area (Å²) < 4.78 is 27.8. The Hall–Kier alpha value is -2.35. The van der Waals surface area contributed by atoms with E-state index in [2.05, 4.69) is 10.6 Å². The van der Waals surface area contributed by atoms with Gasteiger partial charge in [-0.25, -0.2) is 9.18 Å². The van der Waals surface area contributed by atoms with Crippen LogP contribution in [0.1, 0.15) is 37.6 Å². The number of ether oxygens (including phenoxy) is 3. The Balaban J connectivity index is 0.000000271. The molecule has 8 heteroatoms. The van der Waals surface area contributed by atoms with E-state index in [1.165, 1.54) is 20.3 Å². The molecular formula is C19H29FN2O5. The second-order valence-corrected chi connectivity index (χ2v) is 7.09. The number of methoxy groups -OCH3 is 2. The van der Waals surface area contributed by atoms with Crippen LogP contribution in [0.2, 0.25) is 0 Å². The molecule has 1 fully saturated rings. The lowest BCUT2D eigenvalue weighted by Crippen LogP contribution is -2.35. The van der Waals surface area contributed by atoms with Crippen molar-refractivity contribution < 1.29 is 28.2 Å². The lowest BCUT2D eigenvalue weighted by atomic mass is 10.1. The van der Waals surface area contributed by atoms with Gasteiger partial charge in [0.25, 0.3) is 0 Å². The van der Waals surface area contributed by atoms with Crippen molar-refractivity contribution in [3.8, 4) is 11.5 Å². The van der Waals surface area contributed by atoms with Gasteiger partial charge in [-0.1, -0.05) is 0 Å². The molecule has 1 saturated heterocycles. The van der Waals surface area contributed by atoms with Gasteiger partial charge in [-0.3, -0.25) is 4.79 Å². The van der Waals surface area contributed by atoms with Crippen molar-refractivity contribution in [2.24, 2.45) is 5.92 Å². The lowest BCUT2D eigenvalue weighted by Gasteiger charge is -2.20. The molecule has 152 valence electrons. The van der Waals surface area contributed by atoms with Crippen LogP contribution in [0.3, 0.4) is 0 Å². The zero-order valence-electron chi connectivity index (χ0n) is 16.6. The second-order valence-electron chi connectivity index (χ2n) is 7.09. The highest BCUT2D eigenvalue weighted by Crippen LogP contribution is 2.28.